The Morgan fingerprint density at radius 3 is 3.00 bits per heavy atom. The smallest absolute Gasteiger partial charge is 0.123 e. The SMILES string of the molecule is Cc1ncc(-c2ccc3c4c(ccc3c2)OC(CN)C4)[nH]1. The first-order valence-electron chi connectivity index (χ1n) is 7.19. The van der Waals surface area contributed by atoms with Crippen LogP contribution in [0.2, 0.25) is 0 Å². The second-order valence-electron chi connectivity index (χ2n) is 5.54. The quantitative estimate of drug-likeness (QED) is 0.758. The third-order valence-corrected chi connectivity index (χ3v) is 4.09. The van der Waals surface area contributed by atoms with Crippen LogP contribution in [0.1, 0.15) is 11.4 Å². The molecule has 1 unspecified atom stereocenters. The van der Waals surface area contributed by atoms with Crippen LogP contribution >= 0.6 is 0 Å². The van der Waals surface area contributed by atoms with Crippen LogP contribution in [-0.2, 0) is 6.42 Å². The van der Waals surface area contributed by atoms with E-state index in [4.69, 9.17) is 10.5 Å². The van der Waals surface area contributed by atoms with Crippen LogP contribution in [-0.4, -0.2) is 22.6 Å². The van der Waals surface area contributed by atoms with Crippen molar-refractivity contribution in [3.63, 3.8) is 0 Å². The van der Waals surface area contributed by atoms with Crippen LogP contribution in [0, 0.1) is 6.92 Å². The molecule has 0 saturated carbocycles. The Hall–Kier alpha value is -2.33. The van der Waals surface area contributed by atoms with Crippen molar-refractivity contribution >= 4 is 10.8 Å². The molecule has 0 amide bonds. The lowest BCUT2D eigenvalue weighted by molar-refractivity contribution is 0.241. The number of hydrogen-bond donors (Lipinski definition) is 2. The average Bonchev–Trinajstić information content (AvgIpc) is 3.12. The van der Waals surface area contributed by atoms with Gasteiger partial charge in [0, 0.05) is 24.1 Å². The van der Waals surface area contributed by atoms with Gasteiger partial charge in [0.1, 0.15) is 17.7 Å². The summed E-state index contributed by atoms with van der Waals surface area (Å²) in [7, 11) is 0. The average molecular weight is 279 g/mol. The molecule has 1 atom stereocenters. The Morgan fingerprint density at radius 1 is 1.33 bits per heavy atom. The Labute approximate surface area is 123 Å². The van der Waals surface area contributed by atoms with Gasteiger partial charge < -0.3 is 15.5 Å². The van der Waals surface area contributed by atoms with E-state index in [1.165, 1.54) is 16.3 Å². The van der Waals surface area contributed by atoms with E-state index in [0.717, 1.165) is 29.3 Å². The molecule has 2 aromatic carbocycles. The van der Waals surface area contributed by atoms with E-state index in [2.05, 4.69) is 40.3 Å². The van der Waals surface area contributed by atoms with Crippen LogP contribution in [0.15, 0.2) is 36.5 Å². The van der Waals surface area contributed by atoms with Crippen LogP contribution in [0.5, 0.6) is 5.75 Å². The molecule has 4 heteroatoms. The molecule has 1 aromatic heterocycles. The number of rotatable bonds is 2. The molecule has 0 fully saturated rings. The van der Waals surface area contributed by atoms with Gasteiger partial charge in [0.15, 0.2) is 0 Å². The Kier molecular flexibility index (Phi) is 2.72. The van der Waals surface area contributed by atoms with Gasteiger partial charge in [-0.05, 0) is 29.8 Å². The number of hydrogen-bond acceptors (Lipinski definition) is 3. The molecule has 4 rings (SSSR count). The van der Waals surface area contributed by atoms with E-state index in [9.17, 15) is 0 Å². The molecule has 0 aliphatic carbocycles. The highest BCUT2D eigenvalue weighted by Crippen LogP contribution is 2.36. The fourth-order valence-electron chi connectivity index (χ4n) is 3.01. The highest BCUT2D eigenvalue weighted by Gasteiger charge is 2.23. The predicted molar refractivity (Wildman–Crippen MR) is 83.4 cm³/mol. The summed E-state index contributed by atoms with van der Waals surface area (Å²) in [4.78, 5) is 7.54. The highest BCUT2D eigenvalue weighted by molar-refractivity contribution is 5.91. The number of H-pyrrole nitrogens is 1. The van der Waals surface area contributed by atoms with E-state index < -0.39 is 0 Å². The number of aromatic nitrogens is 2. The van der Waals surface area contributed by atoms with E-state index in [1.807, 2.05) is 13.1 Å². The van der Waals surface area contributed by atoms with Crippen molar-refractivity contribution in [2.45, 2.75) is 19.4 Å². The summed E-state index contributed by atoms with van der Waals surface area (Å²) in [6.45, 7) is 2.52. The van der Waals surface area contributed by atoms with Crippen molar-refractivity contribution in [1.82, 2.24) is 9.97 Å². The third kappa shape index (κ3) is 1.99. The largest absolute Gasteiger partial charge is 0.488 e. The topological polar surface area (TPSA) is 63.9 Å². The first-order valence-corrected chi connectivity index (χ1v) is 7.19. The first kappa shape index (κ1) is 12.4. The molecule has 2 heterocycles. The number of aryl methyl sites for hydroxylation is 1. The fraction of sp³-hybridized carbons (Fsp3) is 0.235. The molecule has 3 N–H and O–H groups in total. The number of nitrogens with two attached hydrogens (primary N) is 1. The number of imidazole rings is 1. The maximum atomic E-state index is 5.84. The van der Waals surface area contributed by atoms with Crippen molar-refractivity contribution in [3.05, 3.63) is 47.9 Å². The summed E-state index contributed by atoms with van der Waals surface area (Å²) in [5.74, 6) is 1.90. The third-order valence-electron chi connectivity index (χ3n) is 4.09. The minimum Gasteiger partial charge on any atom is -0.488 e. The molecule has 106 valence electrons. The molecule has 0 saturated heterocycles. The van der Waals surface area contributed by atoms with Crippen LogP contribution < -0.4 is 10.5 Å². The summed E-state index contributed by atoms with van der Waals surface area (Å²) >= 11 is 0. The predicted octanol–water partition coefficient (Wildman–Crippen LogP) is 2.80. The maximum Gasteiger partial charge on any atom is 0.123 e. The van der Waals surface area contributed by atoms with Gasteiger partial charge in [-0.3, -0.25) is 0 Å². The van der Waals surface area contributed by atoms with Gasteiger partial charge >= 0.3 is 0 Å². The summed E-state index contributed by atoms with van der Waals surface area (Å²) < 4.78 is 5.84. The van der Waals surface area contributed by atoms with Crippen molar-refractivity contribution in [2.75, 3.05) is 6.54 Å². The lowest BCUT2D eigenvalue weighted by Crippen LogP contribution is -2.24. The van der Waals surface area contributed by atoms with Gasteiger partial charge in [0.05, 0.1) is 11.9 Å². The zero-order chi connectivity index (χ0) is 14.4. The normalized spacial score (nSPS) is 17.0. The summed E-state index contributed by atoms with van der Waals surface area (Å²) in [5.41, 5.74) is 9.19. The molecule has 1 aliphatic heterocycles. The number of ether oxygens (including phenoxy) is 1. The Bertz CT molecular complexity index is 822. The minimum absolute atomic E-state index is 0.112. The number of aromatic amines is 1. The lowest BCUT2D eigenvalue weighted by Gasteiger charge is -2.06. The molecule has 0 radical (unpaired) electrons. The van der Waals surface area contributed by atoms with Crippen molar-refractivity contribution < 1.29 is 4.74 Å². The van der Waals surface area contributed by atoms with Crippen LogP contribution in [0.3, 0.4) is 0 Å². The zero-order valence-electron chi connectivity index (χ0n) is 11.9. The maximum absolute atomic E-state index is 5.84. The van der Waals surface area contributed by atoms with Gasteiger partial charge in [-0.25, -0.2) is 4.98 Å². The molecule has 4 nitrogen and oxygen atoms in total. The minimum atomic E-state index is 0.112. The summed E-state index contributed by atoms with van der Waals surface area (Å²) in [6.07, 6.45) is 2.88. The number of fused-ring (bicyclic) bond motifs is 3. The summed E-state index contributed by atoms with van der Waals surface area (Å²) in [5, 5.41) is 2.48. The molecule has 1 aliphatic rings. The zero-order valence-corrected chi connectivity index (χ0v) is 11.9. The van der Waals surface area contributed by atoms with E-state index >= 15 is 0 Å². The Morgan fingerprint density at radius 2 is 2.24 bits per heavy atom. The molecular formula is C17H17N3O. The van der Waals surface area contributed by atoms with E-state index in [0.29, 0.717) is 6.54 Å². The first-order chi connectivity index (χ1) is 10.2. The molecular weight excluding hydrogens is 262 g/mol. The van der Waals surface area contributed by atoms with Crippen LogP contribution in [0.25, 0.3) is 22.0 Å². The van der Waals surface area contributed by atoms with Crippen molar-refractivity contribution in [2.24, 2.45) is 5.73 Å². The van der Waals surface area contributed by atoms with Gasteiger partial charge in [-0.1, -0.05) is 18.2 Å². The standard InChI is InChI=1S/C17H17N3O/c1-10-19-9-16(20-10)12-2-4-14-11(6-12)3-5-17-15(14)7-13(8-18)21-17/h2-6,9,13H,7-8,18H2,1H3,(H,19,20). The fourth-order valence-corrected chi connectivity index (χ4v) is 3.01. The van der Waals surface area contributed by atoms with Crippen LogP contribution in [0.4, 0.5) is 0 Å². The molecule has 0 bridgehead atoms. The Balaban J connectivity index is 1.82. The lowest BCUT2D eigenvalue weighted by atomic mass is 9.98. The second-order valence-corrected chi connectivity index (χ2v) is 5.54. The summed E-state index contributed by atoms with van der Waals surface area (Å²) in [6, 6.07) is 10.7. The second kappa shape index (κ2) is 4.60. The molecule has 21 heavy (non-hydrogen) atoms. The number of nitrogens with zero attached hydrogens (tertiary/aromatic N) is 1. The molecule has 3 aromatic rings. The highest BCUT2D eigenvalue weighted by atomic mass is 16.5. The van der Waals surface area contributed by atoms with Crippen molar-refractivity contribution in [1.29, 1.82) is 0 Å². The van der Waals surface area contributed by atoms with Gasteiger partial charge in [-0.2, -0.15) is 0 Å². The van der Waals surface area contributed by atoms with Gasteiger partial charge in [0.25, 0.3) is 0 Å². The van der Waals surface area contributed by atoms with Crippen molar-refractivity contribution in [3.8, 4) is 17.0 Å². The van der Waals surface area contributed by atoms with E-state index in [1.54, 1.807) is 0 Å². The van der Waals surface area contributed by atoms with Gasteiger partial charge in [-0.15, -0.1) is 0 Å². The monoisotopic (exact) mass is 279 g/mol. The number of nitrogens with one attached hydrogen (secondary N) is 1. The number of benzene rings is 2. The van der Waals surface area contributed by atoms with E-state index in [-0.39, 0.29) is 6.10 Å². The molecule has 0 spiro atoms. The van der Waals surface area contributed by atoms with Gasteiger partial charge in [0.2, 0.25) is 0 Å².